The van der Waals surface area contributed by atoms with Gasteiger partial charge in [0.05, 0.1) is 19.8 Å². The van der Waals surface area contributed by atoms with E-state index in [4.69, 9.17) is 15.2 Å². The highest BCUT2D eigenvalue weighted by Crippen LogP contribution is 2.09. The Morgan fingerprint density at radius 3 is 2.79 bits per heavy atom. The molecule has 1 fully saturated rings. The van der Waals surface area contributed by atoms with Gasteiger partial charge in [0, 0.05) is 13.6 Å². The molecule has 1 aliphatic rings. The maximum absolute atomic E-state index is 12.1. The van der Waals surface area contributed by atoms with E-state index < -0.39 is 24.0 Å². The van der Waals surface area contributed by atoms with Crippen molar-refractivity contribution in [3.8, 4) is 0 Å². The molecule has 0 radical (unpaired) electrons. The Kier molecular flexibility index (Phi) is 5.71. The van der Waals surface area contributed by atoms with Gasteiger partial charge in [-0.25, -0.2) is 4.79 Å². The second-order valence-electron chi connectivity index (χ2n) is 3.97. The van der Waals surface area contributed by atoms with Crippen molar-refractivity contribution in [1.82, 2.24) is 10.2 Å². The van der Waals surface area contributed by atoms with Gasteiger partial charge in [0.15, 0.2) is 6.04 Å². The van der Waals surface area contributed by atoms with Crippen LogP contribution in [-0.2, 0) is 23.9 Å². The number of ether oxygens (including phenoxy) is 2. The van der Waals surface area contributed by atoms with Crippen LogP contribution in [0.1, 0.15) is 6.92 Å². The summed E-state index contributed by atoms with van der Waals surface area (Å²) in [5.41, 5.74) is 5.54. The minimum Gasteiger partial charge on any atom is -0.464 e. The van der Waals surface area contributed by atoms with E-state index in [-0.39, 0.29) is 25.7 Å². The third kappa shape index (κ3) is 3.65. The summed E-state index contributed by atoms with van der Waals surface area (Å²) >= 11 is 0. The van der Waals surface area contributed by atoms with Crippen molar-refractivity contribution >= 4 is 17.8 Å². The zero-order valence-electron chi connectivity index (χ0n) is 11.0. The summed E-state index contributed by atoms with van der Waals surface area (Å²) in [7, 11) is 1.46. The van der Waals surface area contributed by atoms with Crippen molar-refractivity contribution in [2.24, 2.45) is 5.73 Å². The summed E-state index contributed by atoms with van der Waals surface area (Å²) in [6.45, 7) is 2.36. The summed E-state index contributed by atoms with van der Waals surface area (Å²) in [5.74, 6) is -1.78. The maximum atomic E-state index is 12.1. The van der Waals surface area contributed by atoms with Crippen LogP contribution in [0.15, 0.2) is 0 Å². The van der Waals surface area contributed by atoms with Gasteiger partial charge in [-0.15, -0.1) is 0 Å². The van der Waals surface area contributed by atoms with Crippen molar-refractivity contribution < 1.29 is 23.9 Å². The summed E-state index contributed by atoms with van der Waals surface area (Å²) in [6.07, 6.45) is 0. The second kappa shape index (κ2) is 7.05. The lowest BCUT2D eigenvalue weighted by Crippen LogP contribution is -2.60. The number of nitrogens with zero attached hydrogens (tertiary/aromatic N) is 1. The van der Waals surface area contributed by atoms with E-state index in [9.17, 15) is 14.4 Å². The van der Waals surface area contributed by atoms with Crippen LogP contribution in [0.2, 0.25) is 0 Å². The molecule has 1 aliphatic heterocycles. The number of likely N-dealkylation sites (N-methyl/N-ethyl adjacent to an activating group) is 1. The van der Waals surface area contributed by atoms with Crippen molar-refractivity contribution in [3.05, 3.63) is 0 Å². The first-order valence-electron chi connectivity index (χ1n) is 6.05. The molecule has 0 spiro atoms. The predicted molar refractivity (Wildman–Crippen MR) is 65.0 cm³/mol. The lowest BCUT2D eigenvalue weighted by Gasteiger charge is -2.35. The van der Waals surface area contributed by atoms with Crippen LogP contribution < -0.4 is 11.1 Å². The highest BCUT2D eigenvalue weighted by Gasteiger charge is 2.37. The van der Waals surface area contributed by atoms with Gasteiger partial charge in [-0.05, 0) is 6.92 Å². The number of hydrogen-bond acceptors (Lipinski definition) is 6. The largest absolute Gasteiger partial charge is 0.464 e. The number of morpholine rings is 1. The second-order valence-corrected chi connectivity index (χ2v) is 3.97. The number of esters is 1. The Bertz CT molecular complexity index is 360. The molecule has 0 bridgehead atoms. The molecule has 0 aromatic carbocycles. The molecule has 2 atom stereocenters. The third-order valence-electron chi connectivity index (χ3n) is 2.77. The SMILES string of the molecule is CCOC(=O)C(N)C(=O)N1CCOCC1C(=O)NC. The number of rotatable bonds is 4. The van der Waals surface area contributed by atoms with Gasteiger partial charge in [-0.2, -0.15) is 0 Å². The number of nitrogens with two attached hydrogens (primary N) is 1. The predicted octanol–water partition coefficient (Wildman–Crippen LogP) is -2.15. The van der Waals surface area contributed by atoms with E-state index in [1.807, 2.05) is 0 Å². The summed E-state index contributed by atoms with van der Waals surface area (Å²) in [5, 5.41) is 2.44. The quantitative estimate of drug-likeness (QED) is 0.446. The summed E-state index contributed by atoms with van der Waals surface area (Å²) in [6, 6.07) is -2.18. The molecule has 0 aromatic rings. The fourth-order valence-electron chi connectivity index (χ4n) is 1.76. The molecule has 0 aliphatic carbocycles. The fraction of sp³-hybridized carbons (Fsp3) is 0.727. The van der Waals surface area contributed by atoms with Crippen molar-refractivity contribution in [2.45, 2.75) is 19.0 Å². The van der Waals surface area contributed by atoms with E-state index in [1.165, 1.54) is 11.9 Å². The number of amides is 2. The minimum atomic E-state index is -1.41. The van der Waals surface area contributed by atoms with Gasteiger partial charge in [-0.1, -0.05) is 0 Å². The molecule has 1 saturated heterocycles. The highest BCUT2D eigenvalue weighted by atomic mass is 16.5. The molecule has 2 unspecified atom stereocenters. The first kappa shape index (κ1) is 15.4. The zero-order valence-corrected chi connectivity index (χ0v) is 11.0. The Balaban J connectivity index is 2.76. The molecule has 3 N–H and O–H groups in total. The third-order valence-corrected chi connectivity index (χ3v) is 2.77. The summed E-state index contributed by atoms with van der Waals surface area (Å²) in [4.78, 5) is 36.5. The lowest BCUT2D eigenvalue weighted by atomic mass is 10.1. The number of nitrogens with one attached hydrogen (secondary N) is 1. The van der Waals surface area contributed by atoms with Crippen LogP contribution in [-0.4, -0.2) is 68.2 Å². The highest BCUT2D eigenvalue weighted by molar-refractivity contribution is 6.03. The van der Waals surface area contributed by atoms with Crippen molar-refractivity contribution in [2.75, 3.05) is 33.4 Å². The molecule has 0 saturated carbocycles. The van der Waals surface area contributed by atoms with Crippen LogP contribution >= 0.6 is 0 Å². The minimum absolute atomic E-state index is 0.0843. The average Bonchev–Trinajstić information content (AvgIpc) is 2.45. The Hall–Kier alpha value is -1.67. The van der Waals surface area contributed by atoms with Crippen LogP contribution in [0.4, 0.5) is 0 Å². The molecule has 8 heteroatoms. The molecule has 108 valence electrons. The van der Waals surface area contributed by atoms with Crippen LogP contribution in [0.5, 0.6) is 0 Å². The van der Waals surface area contributed by atoms with Crippen LogP contribution in [0.25, 0.3) is 0 Å². The smallest absolute Gasteiger partial charge is 0.332 e. The van der Waals surface area contributed by atoms with Crippen LogP contribution in [0.3, 0.4) is 0 Å². The van der Waals surface area contributed by atoms with E-state index in [0.29, 0.717) is 6.61 Å². The topological polar surface area (TPSA) is 111 Å². The van der Waals surface area contributed by atoms with Crippen molar-refractivity contribution in [3.63, 3.8) is 0 Å². The molecule has 19 heavy (non-hydrogen) atoms. The maximum Gasteiger partial charge on any atom is 0.332 e. The monoisotopic (exact) mass is 273 g/mol. The molecular formula is C11H19N3O5. The Morgan fingerprint density at radius 2 is 2.21 bits per heavy atom. The molecular weight excluding hydrogens is 254 g/mol. The first-order chi connectivity index (χ1) is 9.02. The molecule has 0 aromatic heterocycles. The number of hydrogen-bond donors (Lipinski definition) is 2. The number of carbonyl (C=O) groups is 3. The Labute approximate surface area is 111 Å². The molecule has 2 amide bonds. The summed E-state index contributed by atoms with van der Waals surface area (Å²) < 4.78 is 9.86. The van der Waals surface area contributed by atoms with E-state index in [0.717, 1.165) is 0 Å². The average molecular weight is 273 g/mol. The first-order valence-corrected chi connectivity index (χ1v) is 6.05. The molecule has 1 heterocycles. The normalized spacial score (nSPS) is 20.6. The van der Waals surface area contributed by atoms with E-state index >= 15 is 0 Å². The number of carbonyl (C=O) groups excluding carboxylic acids is 3. The standard InChI is InChI=1S/C11H19N3O5/c1-3-19-11(17)8(12)10(16)14-4-5-18-6-7(14)9(15)13-2/h7-8H,3-6,12H2,1-2H3,(H,13,15). The van der Waals surface area contributed by atoms with Gasteiger partial charge in [-0.3, -0.25) is 9.59 Å². The van der Waals surface area contributed by atoms with Gasteiger partial charge >= 0.3 is 5.97 Å². The van der Waals surface area contributed by atoms with Gasteiger partial charge in [0.25, 0.3) is 5.91 Å². The van der Waals surface area contributed by atoms with Gasteiger partial charge in [0.1, 0.15) is 6.04 Å². The van der Waals surface area contributed by atoms with Crippen LogP contribution in [0, 0.1) is 0 Å². The molecule has 1 rings (SSSR count). The molecule has 8 nitrogen and oxygen atoms in total. The van der Waals surface area contributed by atoms with Crippen molar-refractivity contribution in [1.29, 1.82) is 0 Å². The Morgan fingerprint density at radius 1 is 1.53 bits per heavy atom. The van der Waals surface area contributed by atoms with Gasteiger partial charge < -0.3 is 25.4 Å². The van der Waals surface area contributed by atoms with Gasteiger partial charge in [0.2, 0.25) is 5.91 Å². The lowest BCUT2D eigenvalue weighted by molar-refractivity contribution is -0.157. The van der Waals surface area contributed by atoms with E-state index in [2.05, 4.69) is 5.32 Å². The van der Waals surface area contributed by atoms with E-state index in [1.54, 1.807) is 6.92 Å². The fourth-order valence-corrected chi connectivity index (χ4v) is 1.76. The zero-order chi connectivity index (χ0) is 14.4.